The van der Waals surface area contributed by atoms with Gasteiger partial charge in [0.25, 0.3) is 6.69 Å². The van der Waals surface area contributed by atoms with Crippen molar-refractivity contribution in [3.63, 3.8) is 0 Å². The quantitative estimate of drug-likeness (QED) is 0.432. The summed E-state index contributed by atoms with van der Waals surface area (Å²) in [6.07, 6.45) is 0. The van der Waals surface area contributed by atoms with Gasteiger partial charge >= 0.3 is 0 Å². The first kappa shape index (κ1) is 6.71. The monoisotopic (exact) mass is 188 g/mol. The lowest BCUT2D eigenvalue weighted by molar-refractivity contribution is 1.33. The van der Waals surface area contributed by atoms with Crippen LogP contribution in [-0.2, 0) is 6.04 Å². The zero-order valence-corrected chi connectivity index (χ0v) is 7.78. The molecule has 0 amide bonds. The van der Waals surface area contributed by atoms with Gasteiger partial charge in [-0.25, -0.2) is 0 Å². The van der Waals surface area contributed by atoms with Crippen molar-refractivity contribution in [2.75, 3.05) is 0 Å². The van der Waals surface area contributed by atoms with Gasteiger partial charge < -0.3 is 0 Å². The van der Waals surface area contributed by atoms with E-state index in [-0.39, 0.29) is 0 Å². The standard InChI is InChI=1S/C7H6Cl2Si/c8-10(9)5-6-3-1-2-4-7(6)10/h1-4H,5H2. The zero-order valence-electron chi connectivity index (χ0n) is 5.27. The van der Waals surface area contributed by atoms with E-state index in [4.69, 9.17) is 22.2 Å². The van der Waals surface area contributed by atoms with E-state index in [2.05, 4.69) is 6.07 Å². The fraction of sp³-hybridized carbons (Fsp3) is 0.143. The lowest BCUT2D eigenvalue weighted by atomic mass is 10.2. The summed E-state index contributed by atoms with van der Waals surface area (Å²) in [5.41, 5.74) is 1.33. The topological polar surface area (TPSA) is 0 Å². The fourth-order valence-electron chi connectivity index (χ4n) is 1.26. The molecule has 0 bridgehead atoms. The Kier molecular flexibility index (Phi) is 1.34. The molecule has 2 rings (SSSR count). The average molecular weight is 189 g/mol. The molecule has 0 fully saturated rings. The second-order valence-corrected chi connectivity index (χ2v) is 9.29. The molecule has 0 aromatic heterocycles. The molecule has 3 heteroatoms. The third-order valence-corrected chi connectivity index (χ3v) is 5.95. The van der Waals surface area contributed by atoms with Gasteiger partial charge in [0, 0.05) is 0 Å². The molecule has 1 aromatic rings. The first-order valence-electron chi connectivity index (χ1n) is 3.16. The molecule has 0 nitrogen and oxygen atoms in total. The van der Waals surface area contributed by atoms with Gasteiger partial charge in [0.1, 0.15) is 0 Å². The highest BCUT2D eigenvalue weighted by Crippen LogP contribution is 2.29. The second-order valence-electron chi connectivity index (χ2n) is 2.54. The molecule has 10 heavy (non-hydrogen) atoms. The van der Waals surface area contributed by atoms with Crippen LogP contribution < -0.4 is 5.19 Å². The molecule has 0 aliphatic carbocycles. The molecule has 1 aliphatic heterocycles. The van der Waals surface area contributed by atoms with Crippen LogP contribution in [-0.4, -0.2) is 6.69 Å². The summed E-state index contributed by atoms with van der Waals surface area (Å²) in [4.78, 5) is 0. The van der Waals surface area contributed by atoms with Crippen molar-refractivity contribution in [3.05, 3.63) is 29.8 Å². The Balaban J connectivity index is 2.53. The lowest BCUT2D eigenvalue weighted by Gasteiger charge is -2.30. The molecule has 0 unspecified atom stereocenters. The largest absolute Gasteiger partial charge is 0.285 e. The number of benzene rings is 1. The number of halogens is 2. The summed E-state index contributed by atoms with van der Waals surface area (Å²) in [7, 11) is 0. The molecule has 52 valence electrons. The van der Waals surface area contributed by atoms with Crippen molar-refractivity contribution in [3.8, 4) is 0 Å². The summed E-state index contributed by atoms with van der Waals surface area (Å²) < 4.78 is 0. The Bertz CT molecular complexity index is 270. The summed E-state index contributed by atoms with van der Waals surface area (Å²) in [6.45, 7) is -1.93. The van der Waals surface area contributed by atoms with E-state index in [0.717, 1.165) is 6.04 Å². The molecule has 1 aromatic carbocycles. The molecule has 0 radical (unpaired) electrons. The fourth-order valence-corrected chi connectivity index (χ4v) is 4.89. The Labute approximate surface area is 70.2 Å². The molecule has 0 spiro atoms. The van der Waals surface area contributed by atoms with Gasteiger partial charge in [0.05, 0.1) is 0 Å². The maximum absolute atomic E-state index is 6.04. The minimum Gasteiger partial charge on any atom is -0.139 e. The summed E-state index contributed by atoms with van der Waals surface area (Å²) in [5.74, 6) is 0. The van der Waals surface area contributed by atoms with Crippen molar-refractivity contribution < 1.29 is 0 Å². The van der Waals surface area contributed by atoms with E-state index in [1.165, 1.54) is 10.8 Å². The van der Waals surface area contributed by atoms with Crippen molar-refractivity contribution in [2.45, 2.75) is 6.04 Å². The van der Waals surface area contributed by atoms with E-state index < -0.39 is 6.69 Å². The molecule has 0 saturated carbocycles. The SMILES string of the molecule is Cl[Si]1(Cl)Cc2ccccc21. The van der Waals surface area contributed by atoms with E-state index in [9.17, 15) is 0 Å². The van der Waals surface area contributed by atoms with Gasteiger partial charge in [0.15, 0.2) is 0 Å². The molecule has 1 aliphatic rings. The van der Waals surface area contributed by atoms with Crippen LogP contribution in [0.4, 0.5) is 0 Å². The number of fused-ring (bicyclic) bond motifs is 1. The summed E-state index contributed by atoms with van der Waals surface area (Å²) in [5, 5.41) is 1.21. The van der Waals surface area contributed by atoms with Gasteiger partial charge in [-0.15, -0.1) is 22.2 Å². The minimum absolute atomic E-state index is 0.923. The normalized spacial score (nSPS) is 19.4. The van der Waals surface area contributed by atoms with Crippen molar-refractivity contribution in [2.24, 2.45) is 0 Å². The van der Waals surface area contributed by atoms with Gasteiger partial charge in [-0.1, -0.05) is 24.3 Å². The molecule has 0 atom stereocenters. The lowest BCUT2D eigenvalue weighted by Crippen LogP contribution is -2.51. The Morgan fingerprint density at radius 3 is 2.40 bits per heavy atom. The predicted molar refractivity (Wildman–Crippen MR) is 47.2 cm³/mol. The first-order chi connectivity index (χ1) is 4.70. The number of hydrogen-bond acceptors (Lipinski definition) is 0. The predicted octanol–water partition coefficient (Wildman–Crippen LogP) is 1.91. The number of rotatable bonds is 0. The van der Waals surface area contributed by atoms with Crippen LogP contribution in [0.25, 0.3) is 0 Å². The van der Waals surface area contributed by atoms with E-state index in [1.807, 2.05) is 18.2 Å². The Morgan fingerprint density at radius 1 is 1.20 bits per heavy atom. The maximum atomic E-state index is 6.04. The highest BCUT2D eigenvalue weighted by Gasteiger charge is 2.42. The Morgan fingerprint density at radius 2 is 1.90 bits per heavy atom. The molecular formula is C7H6Cl2Si. The van der Waals surface area contributed by atoms with E-state index >= 15 is 0 Å². The summed E-state index contributed by atoms with van der Waals surface area (Å²) >= 11 is 12.1. The van der Waals surface area contributed by atoms with Crippen LogP contribution in [0.2, 0.25) is 0 Å². The first-order valence-corrected chi connectivity index (χ1v) is 7.39. The highest BCUT2D eigenvalue weighted by molar-refractivity contribution is 7.52. The molecule has 0 N–H and O–H groups in total. The van der Waals surface area contributed by atoms with Crippen molar-refractivity contribution in [1.29, 1.82) is 0 Å². The third kappa shape index (κ3) is 0.814. The molecular weight excluding hydrogens is 183 g/mol. The molecule has 0 saturated heterocycles. The van der Waals surface area contributed by atoms with Crippen LogP contribution in [0.15, 0.2) is 24.3 Å². The van der Waals surface area contributed by atoms with Crippen molar-refractivity contribution in [1.82, 2.24) is 0 Å². The van der Waals surface area contributed by atoms with Crippen LogP contribution in [0.1, 0.15) is 5.56 Å². The highest BCUT2D eigenvalue weighted by atomic mass is 35.7. The van der Waals surface area contributed by atoms with Crippen LogP contribution >= 0.6 is 22.2 Å². The van der Waals surface area contributed by atoms with Crippen LogP contribution in [0.3, 0.4) is 0 Å². The van der Waals surface area contributed by atoms with E-state index in [0.29, 0.717) is 0 Å². The van der Waals surface area contributed by atoms with Gasteiger partial charge in [-0.05, 0) is 16.8 Å². The van der Waals surface area contributed by atoms with Crippen molar-refractivity contribution >= 4 is 34.0 Å². The van der Waals surface area contributed by atoms with Gasteiger partial charge in [-0.3, -0.25) is 0 Å². The minimum atomic E-state index is -1.93. The average Bonchev–Trinajstić information content (AvgIpc) is 1.86. The maximum Gasteiger partial charge on any atom is 0.285 e. The molecule has 1 heterocycles. The third-order valence-electron chi connectivity index (χ3n) is 1.82. The van der Waals surface area contributed by atoms with E-state index in [1.54, 1.807) is 0 Å². The Hall–Kier alpha value is 0.0169. The smallest absolute Gasteiger partial charge is 0.139 e. The van der Waals surface area contributed by atoms with Gasteiger partial charge in [-0.2, -0.15) is 0 Å². The number of hydrogen-bond donors (Lipinski definition) is 0. The summed E-state index contributed by atoms with van der Waals surface area (Å²) in [6, 6.07) is 9.06. The zero-order chi connectivity index (χ0) is 7.19. The van der Waals surface area contributed by atoms with Crippen LogP contribution in [0, 0.1) is 0 Å². The van der Waals surface area contributed by atoms with Gasteiger partial charge in [0.2, 0.25) is 0 Å². The van der Waals surface area contributed by atoms with Crippen LogP contribution in [0.5, 0.6) is 0 Å². The second kappa shape index (κ2) is 2.00.